The Morgan fingerprint density at radius 2 is 2.18 bits per heavy atom. The number of halogens is 2. The molecule has 5 nitrogen and oxygen atoms in total. The fourth-order valence-electron chi connectivity index (χ4n) is 1.42. The van der Waals surface area contributed by atoms with E-state index < -0.39 is 22.2 Å². The highest BCUT2D eigenvalue weighted by molar-refractivity contribution is 5.62. The third-order valence-corrected chi connectivity index (χ3v) is 2.03. The summed E-state index contributed by atoms with van der Waals surface area (Å²) in [4.78, 5) is 9.77. The Bertz CT molecular complexity index is 426. The van der Waals surface area contributed by atoms with Crippen LogP contribution in [0.2, 0.25) is 0 Å². The van der Waals surface area contributed by atoms with Crippen molar-refractivity contribution in [2.45, 2.75) is 13.0 Å². The third kappa shape index (κ3) is 3.35. The van der Waals surface area contributed by atoms with E-state index in [0.29, 0.717) is 6.07 Å². The van der Waals surface area contributed by atoms with Gasteiger partial charge in [-0.25, -0.2) is 4.39 Å². The van der Waals surface area contributed by atoms with E-state index in [2.05, 4.69) is 5.32 Å². The lowest BCUT2D eigenvalue weighted by molar-refractivity contribution is -0.386. The summed E-state index contributed by atoms with van der Waals surface area (Å²) in [6.45, 7) is 1.94. The standard InChI is InChI=1S/C10H12F2N2O3/c1-6(5-17-2)13-9-4-7(11)3-8(12)10(9)14(15)16/h3-4,6,13H,5H2,1-2H3. The van der Waals surface area contributed by atoms with E-state index in [1.807, 2.05) is 0 Å². The number of hydrogen-bond donors (Lipinski definition) is 1. The summed E-state index contributed by atoms with van der Waals surface area (Å²) >= 11 is 0. The van der Waals surface area contributed by atoms with E-state index in [0.717, 1.165) is 6.07 Å². The molecule has 0 spiro atoms. The maximum atomic E-state index is 13.2. The lowest BCUT2D eigenvalue weighted by Crippen LogP contribution is -2.21. The fourth-order valence-corrected chi connectivity index (χ4v) is 1.42. The number of anilines is 1. The van der Waals surface area contributed by atoms with Crippen molar-refractivity contribution in [2.24, 2.45) is 0 Å². The van der Waals surface area contributed by atoms with Gasteiger partial charge in [-0.2, -0.15) is 4.39 Å². The monoisotopic (exact) mass is 246 g/mol. The van der Waals surface area contributed by atoms with Gasteiger partial charge in [0, 0.05) is 25.3 Å². The first-order valence-electron chi connectivity index (χ1n) is 4.84. The minimum absolute atomic E-state index is 0.197. The van der Waals surface area contributed by atoms with Crippen LogP contribution in [0.4, 0.5) is 20.2 Å². The van der Waals surface area contributed by atoms with Gasteiger partial charge in [-0.3, -0.25) is 10.1 Å². The third-order valence-electron chi connectivity index (χ3n) is 2.03. The van der Waals surface area contributed by atoms with Crippen LogP contribution in [0.1, 0.15) is 6.92 Å². The van der Waals surface area contributed by atoms with Gasteiger partial charge < -0.3 is 10.1 Å². The van der Waals surface area contributed by atoms with Crippen molar-refractivity contribution in [3.8, 4) is 0 Å². The minimum atomic E-state index is -1.21. The smallest absolute Gasteiger partial charge is 0.327 e. The summed E-state index contributed by atoms with van der Waals surface area (Å²) in [5.74, 6) is -2.08. The van der Waals surface area contributed by atoms with E-state index in [1.54, 1.807) is 6.92 Å². The molecule has 0 saturated carbocycles. The summed E-state index contributed by atoms with van der Waals surface area (Å²) in [5, 5.41) is 13.3. The predicted molar refractivity (Wildman–Crippen MR) is 58.0 cm³/mol. The highest BCUT2D eigenvalue weighted by Gasteiger charge is 2.22. The molecule has 0 aliphatic heterocycles. The maximum Gasteiger partial charge on any atom is 0.327 e. The average Bonchev–Trinajstić information content (AvgIpc) is 2.15. The molecule has 7 heteroatoms. The first-order chi connectivity index (χ1) is 7.95. The highest BCUT2D eigenvalue weighted by atomic mass is 19.1. The number of methoxy groups -OCH3 is 1. The quantitative estimate of drug-likeness (QED) is 0.639. The summed E-state index contributed by atoms with van der Waals surface area (Å²) in [7, 11) is 1.46. The topological polar surface area (TPSA) is 64.4 Å². The minimum Gasteiger partial charge on any atom is -0.383 e. The van der Waals surface area contributed by atoms with Gasteiger partial charge in [-0.1, -0.05) is 0 Å². The molecule has 1 unspecified atom stereocenters. The zero-order valence-corrected chi connectivity index (χ0v) is 9.37. The van der Waals surface area contributed by atoms with E-state index in [9.17, 15) is 18.9 Å². The molecule has 1 aromatic carbocycles. The van der Waals surface area contributed by atoms with Crippen molar-refractivity contribution in [1.29, 1.82) is 0 Å². The van der Waals surface area contributed by atoms with Crippen molar-refractivity contribution < 1.29 is 18.4 Å². The van der Waals surface area contributed by atoms with Gasteiger partial charge in [-0.05, 0) is 6.92 Å². The van der Waals surface area contributed by atoms with Crippen molar-refractivity contribution >= 4 is 11.4 Å². The van der Waals surface area contributed by atoms with Crippen LogP contribution in [0.15, 0.2) is 12.1 Å². The Labute approximate surface area is 96.5 Å². The summed E-state index contributed by atoms with van der Waals surface area (Å²) in [5.41, 5.74) is -0.966. The zero-order valence-electron chi connectivity index (χ0n) is 9.37. The van der Waals surface area contributed by atoms with Gasteiger partial charge >= 0.3 is 5.69 Å². The van der Waals surface area contributed by atoms with E-state index in [-0.39, 0.29) is 18.3 Å². The van der Waals surface area contributed by atoms with Gasteiger partial charge in [0.2, 0.25) is 5.82 Å². The van der Waals surface area contributed by atoms with Crippen LogP contribution >= 0.6 is 0 Å². The molecule has 1 aromatic rings. The van der Waals surface area contributed by atoms with Crippen LogP contribution in [-0.2, 0) is 4.74 Å². The van der Waals surface area contributed by atoms with Crippen molar-refractivity contribution in [3.63, 3.8) is 0 Å². The molecule has 0 amide bonds. The Balaban J connectivity index is 3.08. The number of benzene rings is 1. The van der Waals surface area contributed by atoms with Crippen LogP contribution in [-0.4, -0.2) is 24.7 Å². The number of nitro groups is 1. The largest absolute Gasteiger partial charge is 0.383 e. The lowest BCUT2D eigenvalue weighted by Gasteiger charge is -2.14. The van der Waals surface area contributed by atoms with E-state index >= 15 is 0 Å². The molecule has 94 valence electrons. The molecule has 17 heavy (non-hydrogen) atoms. The molecule has 0 heterocycles. The van der Waals surface area contributed by atoms with Gasteiger partial charge in [0.05, 0.1) is 11.5 Å². The molecule has 1 atom stereocenters. The first kappa shape index (κ1) is 13.3. The summed E-state index contributed by atoms with van der Waals surface area (Å²) in [6.07, 6.45) is 0. The second-order valence-corrected chi connectivity index (χ2v) is 3.54. The van der Waals surface area contributed by atoms with Crippen molar-refractivity contribution in [2.75, 3.05) is 19.0 Å². The average molecular weight is 246 g/mol. The number of rotatable bonds is 5. The van der Waals surface area contributed by atoms with E-state index in [1.165, 1.54) is 7.11 Å². The Morgan fingerprint density at radius 3 is 2.71 bits per heavy atom. The molecule has 0 saturated heterocycles. The molecule has 1 rings (SSSR count). The van der Waals surface area contributed by atoms with Gasteiger partial charge in [0.15, 0.2) is 0 Å². The van der Waals surface area contributed by atoms with Gasteiger partial charge in [-0.15, -0.1) is 0 Å². The van der Waals surface area contributed by atoms with Crippen LogP contribution in [0.25, 0.3) is 0 Å². The maximum absolute atomic E-state index is 13.2. The molecular formula is C10H12F2N2O3. The molecule has 0 bridgehead atoms. The second kappa shape index (κ2) is 5.53. The van der Waals surface area contributed by atoms with Crippen LogP contribution in [0.5, 0.6) is 0 Å². The summed E-state index contributed by atoms with van der Waals surface area (Å²) in [6, 6.07) is 1.05. The highest BCUT2D eigenvalue weighted by Crippen LogP contribution is 2.29. The number of hydrogen-bond acceptors (Lipinski definition) is 4. The molecular weight excluding hydrogens is 234 g/mol. The predicted octanol–water partition coefficient (Wildman–Crippen LogP) is 2.32. The molecule has 0 aliphatic rings. The van der Waals surface area contributed by atoms with Crippen LogP contribution in [0.3, 0.4) is 0 Å². The van der Waals surface area contributed by atoms with Gasteiger partial charge in [0.25, 0.3) is 0 Å². The Hall–Kier alpha value is -1.76. The van der Waals surface area contributed by atoms with Crippen LogP contribution < -0.4 is 5.32 Å². The molecule has 0 aliphatic carbocycles. The zero-order chi connectivity index (χ0) is 13.0. The van der Waals surface area contributed by atoms with E-state index in [4.69, 9.17) is 4.74 Å². The first-order valence-corrected chi connectivity index (χ1v) is 4.84. The number of nitro benzene ring substituents is 1. The van der Waals surface area contributed by atoms with Crippen molar-refractivity contribution in [1.82, 2.24) is 0 Å². The Kier molecular flexibility index (Phi) is 4.33. The van der Waals surface area contributed by atoms with Crippen molar-refractivity contribution in [3.05, 3.63) is 33.9 Å². The lowest BCUT2D eigenvalue weighted by atomic mass is 10.2. The molecule has 0 aromatic heterocycles. The number of nitrogens with zero attached hydrogens (tertiary/aromatic N) is 1. The van der Waals surface area contributed by atoms with Gasteiger partial charge in [0.1, 0.15) is 11.5 Å². The Morgan fingerprint density at radius 1 is 1.53 bits per heavy atom. The fraction of sp³-hybridized carbons (Fsp3) is 0.400. The normalized spacial score (nSPS) is 12.2. The number of ether oxygens (including phenoxy) is 1. The summed E-state index contributed by atoms with van der Waals surface area (Å²) < 4.78 is 31.0. The molecule has 0 fully saturated rings. The SMILES string of the molecule is COCC(C)Nc1cc(F)cc(F)c1[N+](=O)[O-]. The molecule has 0 radical (unpaired) electrons. The van der Waals surface area contributed by atoms with Crippen LogP contribution in [0, 0.1) is 21.7 Å². The number of nitrogens with one attached hydrogen (secondary N) is 1. The second-order valence-electron chi connectivity index (χ2n) is 3.54. The molecule has 1 N–H and O–H groups in total.